The van der Waals surface area contributed by atoms with E-state index in [1.54, 1.807) is 18.5 Å². The van der Waals surface area contributed by atoms with Crippen LogP contribution in [0.4, 0.5) is 11.6 Å². The molecule has 0 aliphatic carbocycles. The van der Waals surface area contributed by atoms with Gasteiger partial charge >= 0.3 is 0 Å². The molecule has 2 aromatic heterocycles. The Balaban J connectivity index is 1.57. The summed E-state index contributed by atoms with van der Waals surface area (Å²) < 4.78 is 0. The van der Waals surface area contributed by atoms with E-state index in [0.717, 1.165) is 42.5 Å². The maximum atomic E-state index is 12.7. The van der Waals surface area contributed by atoms with Crippen LogP contribution in [-0.4, -0.2) is 38.8 Å². The summed E-state index contributed by atoms with van der Waals surface area (Å²) in [7, 11) is 0. The fourth-order valence-electron chi connectivity index (χ4n) is 3.24. The van der Waals surface area contributed by atoms with Gasteiger partial charge in [0.15, 0.2) is 0 Å². The van der Waals surface area contributed by atoms with Crippen LogP contribution < -0.4 is 5.32 Å². The minimum absolute atomic E-state index is 0.0293. The highest BCUT2D eigenvalue weighted by Crippen LogP contribution is 2.23. The highest BCUT2D eigenvalue weighted by molar-refractivity contribution is 5.93. The molecule has 0 unspecified atom stereocenters. The number of nitrogens with one attached hydrogen (secondary N) is 1. The number of rotatable bonds is 3. The van der Waals surface area contributed by atoms with Gasteiger partial charge in [-0.1, -0.05) is 25.1 Å². The van der Waals surface area contributed by atoms with Crippen molar-refractivity contribution in [1.82, 2.24) is 19.9 Å². The molecular formula is C20H21N5O. The van der Waals surface area contributed by atoms with Gasteiger partial charge in [0.05, 0.1) is 11.2 Å². The Morgan fingerprint density at radius 1 is 1.08 bits per heavy atom. The fourth-order valence-corrected chi connectivity index (χ4v) is 3.24. The van der Waals surface area contributed by atoms with Crippen molar-refractivity contribution >= 4 is 28.4 Å². The maximum Gasteiger partial charge on any atom is 0.272 e. The lowest BCUT2D eigenvalue weighted by Crippen LogP contribution is -2.38. The van der Waals surface area contributed by atoms with Crippen LogP contribution in [0.25, 0.3) is 10.9 Å². The van der Waals surface area contributed by atoms with Crippen LogP contribution in [0.1, 0.15) is 30.3 Å². The van der Waals surface area contributed by atoms with E-state index in [-0.39, 0.29) is 5.91 Å². The number of benzene rings is 1. The number of amides is 1. The highest BCUT2D eigenvalue weighted by Gasteiger charge is 2.22. The van der Waals surface area contributed by atoms with Gasteiger partial charge in [-0.05, 0) is 37.0 Å². The molecule has 132 valence electrons. The van der Waals surface area contributed by atoms with Crippen molar-refractivity contribution in [3.05, 3.63) is 54.5 Å². The average Bonchev–Trinajstić information content (AvgIpc) is 2.69. The quantitative estimate of drug-likeness (QED) is 0.783. The summed E-state index contributed by atoms with van der Waals surface area (Å²) in [5.74, 6) is 1.05. The Morgan fingerprint density at radius 2 is 1.88 bits per heavy atom. The first-order chi connectivity index (χ1) is 12.7. The molecule has 1 N–H and O–H groups in total. The van der Waals surface area contributed by atoms with Crippen molar-refractivity contribution in [2.45, 2.75) is 19.8 Å². The zero-order valence-electron chi connectivity index (χ0n) is 14.7. The zero-order valence-corrected chi connectivity index (χ0v) is 14.7. The third-order valence-electron chi connectivity index (χ3n) is 4.82. The number of carbonyl (C=O) groups is 1. The number of pyridine rings is 1. The van der Waals surface area contributed by atoms with Gasteiger partial charge in [-0.2, -0.15) is 0 Å². The van der Waals surface area contributed by atoms with Crippen LogP contribution in [0, 0.1) is 5.92 Å². The first-order valence-corrected chi connectivity index (χ1v) is 8.94. The number of piperidine rings is 1. The standard InChI is InChI=1S/C20H21N5O/c1-14-8-12-25(13-9-14)19(26)17-7-11-22-20(24-17)23-16-6-2-4-15-5-3-10-21-18(15)16/h2-7,10-11,14H,8-9,12-13H2,1H3,(H,22,23,24). The molecule has 0 atom stereocenters. The van der Waals surface area contributed by atoms with Crippen molar-refractivity contribution in [1.29, 1.82) is 0 Å². The lowest BCUT2D eigenvalue weighted by Gasteiger charge is -2.30. The monoisotopic (exact) mass is 347 g/mol. The van der Waals surface area contributed by atoms with Crippen molar-refractivity contribution in [3.63, 3.8) is 0 Å². The molecule has 0 radical (unpaired) electrons. The van der Waals surface area contributed by atoms with E-state index in [1.807, 2.05) is 35.2 Å². The third-order valence-corrected chi connectivity index (χ3v) is 4.82. The molecule has 0 saturated carbocycles. The summed E-state index contributed by atoms with van der Waals surface area (Å²) in [6.07, 6.45) is 5.46. The number of hydrogen-bond acceptors (Lipinski definition) is 5. The maximum absolute atomic E-state index is 12.7. The SMILES string of the molecule is CC1CCN(C(=O)c2ccnc(Nc3cccc4cccnc34)n2)CC1. The molecule has 1 fully saturated rings. The number of hydrogen-bond donors (Lipinski definition) is 1. The van der Waals surface area contributed by atoms with Crippen LogP contribution in [0.5, 0.6) is 0 Å². The first kappa shape index (κ1) is 16.4. The molecule has 1 aliphatic heterocycles. The van der Waals surface area contributed by atoms with E-state index < -0.39 is 0 Å². The largest absolute Gasteiger partial charge is 0.337 e. The number of aromatic nitrogens is 3. The summed E-state index contributed by atoms with van der Waals surface area (Å²) in [6, 6.07) is 11.5. The van der Waals surface area contributed by atoms with Crippen LogP contribution in [0.2, 0.25) is 0 Å². The average molecular weight is 347 g/mol. The topological polar surface area (TPSA) is 71.0 Å². The summed E-state index contributed by atoms with van der Waals surface area (Å²) in [4.78, 5) is 27.7. The molecule has 1 aliphatic rings. The molecule has 4 rings (SSSR count). The Labute approximate surface area is 152 Å². The van der Waals surface area contributed by atoms with Gasteiger partial charge in [-0.3, -0.25) is 9.78 Å². The second kappa shape index (κ2) is 7.07. The lowest BCUT2D eigenvalue weighted by atomic mass is 9.99. The van der Waals surface area contributed by atoms with Crippen LogP contribution in [0.15, 0.2) is 48.8 Å². The highest BCUT2D eigenvalue weighted by atomic mass is 16.2. The summed E-state index contributed by atoms with van der Waals surface area (Å²) in [6.45, 7) is 3.81. The van der Waals surface area contributed by atoms with E-state index in [4.69, 9.17) is 0 Å². The minimum Gasteiger partial charge on any atom is -0.337 e. The van der Waals surface area contributed by atoms with Gasteiger partial charge in [-0.15, -0.1) is 0 Å². The second-order valence-electron chi connectivity index (χ2n) is 6.75. The van der Waals surface area contributed by atoms with E-state index in [9.17, 15) is 4.79 Å². The predicted molar refractivity (Wildman–Crippen MR) is 101 cm³/mol. The molecule has 0 bridgehead atoms. The molecule has 1 amide bonds. The molecular weight excluding hydrogens is 326 g/mol. The number of nitrogens with zero attached hydrogens (tertiary/aromatic N) is 4. The summed E-state index contributed by atoms with van der Waals surface area (Å²) >= 11 is 0. The Morgan fingerprint density at radius 3 is 2.73 bits per heavy atom. The van der Waals surface area contributed by atoms with Crippen LogP contribution in [-0.2, 0) is 0 Å². The van der Waals surface area contributed by atoms with Crippen molar-refractivity contribution < 1.29 is 4.79 Å². The number of carbonyl (C=O) groups excluding carboxylic acids is 1. The minimum atomic E-state index is -0.0293. The normalized spacial score (nSPS) is 15.2. The van der Waals surface area contributed by atoms with E-state index in [2.05, 4.69) is 27.2 Å². The van der Waals surface area contributed by atoms with Gasteiger partial charge in [0.2, 0.25) is 5.95 Å². The molecule has 3 aromatic rings. The number of fused-ring (bicyclic) bond motifs is 1. The smallest absolute Gasteiger partial charge is 0.272 e. The first-order valence-electron chi connectivity index (χ1n) is 8.94. The zero-order chi connectivity index (χ0) is 17.9. The predicted octanol–water partition coefficient (Wildman–Crippen LogP) is 3.64. The second-order valence-corrected chi connectivity index (χ2v) is 6.75. The molecule has 0 spiro atoms. The fraction of sp³-hybridized carbons (Fsp3) is 0.300. The van der Waals surface area contributed by atoms with Crippen molar-refractivity contribution in [2.24, 2.45) is 5.92 Å². The van der Waals surface area contributed by atoms with Crippen molar-refractivity contribution in [3.8, 4) is 0 Å². The van der Waals surface area contributed by atoms with Gasteiger partial charge in [0, 0.05) is 30.9 Å². The molecule has 26 heavy (non-hydrogen) atoms. The lowest BCUT2D eigenvalue weighted by molar-refractivity contribution is 0.0691. The van der Waals surface area contributed by atoms with Gasteiger partial charge in [0.1, 0.15) is 5.69 Å². The number of likely N-dealkylation sites (tertiary alicyclic amines) is 1. The Bertz CT molecular complexity index is 929. The number of para-hydroxylation sites is 1. The Kier molecular flexibility index (Phi) is 4.48. The molecule has 1 aromatic carbocycles. The number of anilines is 2. The van der Waals surface area contributed by atoms with Crippen LogP contribution in [0.3, 0.4) is 0 Å². The molecule has 1 saturated heterocycles. The van der Waals surface area contributed by atoms with Gasteiger partial charge < -0.3 is 10.2 Å². The molecule has 6 nitrogen and oxygen atoms in total. The molecule has 3 heterocycles. The van der Waals surface area contributed by atoms with Crippen molar-refractivity contribution in [2.75, 3.05) is 18.4 Å². The van der Waals surface area contributed by atoms with Gasteiger partial charge in [0.25, 0.3) is 5.91 Å². The van der Waals surface area contributed by atoms with E-state index in [0.29, 0.717) is 17.6 Å². The third kappa shape index (κ3) is 3.35. The summed E-state index contributed by atoms with van der Waals surface area (Å²) in [5, 5.41) is 4.23. The van der Waals surface area contributed by atoms with E-state index >= 15 is 0 Å². The summed E-state index contributed by atoms with van der Waals surface area (Å²) in [5.41, 5.74) is 2.09. The van der Waals surface area contributed by atoms with Gasteiger partial charge in [-0.25, -0.2) is 9.97 Å². The van der Waals surface area contributed by atoms with E-state index in [1.165, 1.54) is 0 Å². The molecule has 6 heteroatoms. The Hall–Kier alpha value is -3.02. The van der Waals surface area contributed by atoms with Crippen LogP contribution >= 0.6 is 0 Å².